The summed E-state index contributed by atoms with van der Waals surface area (Å²) in [5.41, 5.74) is 3.04. The van der Waals surface area contributed by atoms with Crippen LogP contribution in [0.3, 0.4) is 0 Å². The molecule has 0 spiro atoms. The number of aryl methyl sites for hydroxylation is 2. The smallest absolute Gasteiger partial charge is 0.264 e. The average Bonchev–Trinajstić information content (AvgIpc) is 2.99. The van der Waals surface area contributed by atoms with Crippen LogP contribution in [0.5, 0.6) is 0 Å². The number of benzene rings is 4. The zero-order valence-electron chi connectivity index (χ0n) is 26.3. The minimum Gasteiger partial charge on any atom is -0.350 e. The Labute approximate surface area is 271 Å². The highest BCUT2D eigenvalue weighted by atomic mass is 35.5. The second kappa shape index (κ2) is 14.3. The Bertz CT molecular complexity index is 1720. The normalized spacial score (nSPS) is 12.3. The highest BCUT2D eigenvalue weighted by Gasteiger charge is 2.36. The molecule has 0 aliphatic heterocycles. The number of carbonyl (C=O) groups excluding carboxylic acids is 2. The number of rotatable bonds is 11. The van der Waals surface area contributed by atoms with E-state index >= 15 is 0 Å². The first-order chi connectivity index (χ1) is 21.2. The van der Waals surface area contributed by atoms with Crippen LogP contribution in [0, 0.1) is 13.8 Å². The van der Waals surface area contributed by atoms with Gasteiger partial charge < -0.3 is 10.2 Å². The molecule has 4 aromatic rings. The van der Waals surface area contributed by atoms with Crippen LogP contribution in [0.1, 0.15) is 43.0 Å². The van der Waals surface area contributed by atoms with Crippen molar-refractivity contribution in [2.45, 2.75) is 64.1 Å². The number of hydrogen-bond donors (Lipinski definition) is 1. The van der Waals surface area contributed by atoms with Gasteiger partial charge in [0.15, 0.2) is 0 Å². The van der Waals surface area contributed by atoms with Crippen molar-refractivity contribution >= 4 is 39.1 Å². The van der Waals surface area contributed by atoms with E-state index in [0.29, 0.717) is 16.3 Å². The van der Waals surface area contributed by atoms with Gasteiger partial charge in [-0.1, -0.05) is 90.0 Å². The molecule has 0 aliphatic rings. The maximum absolute atomic E-state index is 14.6. The molecule has 1 unspecified atom stereocenters. The molecule has 1 atom stereocenters. The zero-order chi connectivity index (χ0) is 32.8. The molecular weight excluding hydrogens is 606 g/mol. The third kappa shape index (κ3) is 8.96. The van der Waals surface area contributed by atoms with Crippen LogP contribution < -0.4 is 9.62 Å². The van der Waals surface area contributed by atoms with Crippen molar-refractivity contribution < 1.29 is 18.0 Å². The van der Waals surface area contributed by atoms with Gasteiger partial charge in [0.25, 0.3) is 10.0 Å². The van der Waals surface area contributed by atoms with Crippen molar-refractivity contribution in [2.75, 3.05) is 10.8 Å². The number of sulfonamides is 1. The summed E-state index contributed by atoms with van der Waals surface area (Å²) in [6, 6.07) is 29.2. The van der Waals surface area contributed by atoms with E-state index in [-0.39, 0.29) is 23.8 Å². The maximum atomic E-state index is 14.6. The van der Waals surface area contributed by atoms with Crippen molar-refractivity contribution in [1.29, 1.82) is 0 Å². The van der Waals surface area contributed by atoms with E-state index in [0.717, 1.165) is 21.0 Å². The molecule has 0 radical (unpaired) electrons. The molecule has 9 heteroatoms. The predicted molar refractivity (Wildman–Crippen MR) is 181 cm³/mol. The molecule has 4 rings (SSSR count). The molecule has 4 aromatic carbocycles. The lowest BCUT2D eigenvalue weighted by molar-refractivity contribution is -0.140. The second-order valence-corrected chi connectivity index (χ2v) is 14.5. The van der Waals surface area contributed by atoms with Crippen molar-refractivity contribution in [3.05, 3.63) is 130 Å². The standard InChI is InChI=1S/C36H40ClN3O4S/c1-26-15-21-31(22-16-26)45(43,44)40(32-14-10-9-11-27(32)2)25-34(41)39(24-29-17-19-30(37)20-18-29)33(35(42)38-36(3,4)5)23-28-12-7-6-8-13-28/h6-22,33H,23-25H2,1-5H3,(H,38,42). The molecule has 45 heavy (non-hydrogen) atoms. The summed E-state index contributed by atoms with van der Waals surface area (Å²) < 4.78 is 29.5. The monoisotopic (exact) mass is 645 g/mol. The molecule has 236 valence electrons. The second-order valence-electron chi connectivity index (χ2n) is 12.2. The Morgan fingerprint density at radius 1 is 0.800 bits per heavy atom. The summed E-state index contributed by atoms with van der Waals surface area (Å²) in [5.74, 6) is -0.855. The van der Waals surface area contributed by atoms with Crippen LogP contribution >= 0.6 is 11.6 Å². The van der Waals surface area contributed by atoms with E-state index in [1.807, 2.05) is 64.1 Å². The van der Waals surface area contributed by atoms with Crippen LogP contribution in [0.15, 0.2) is 108 Å². The Morgan fingerprint density at radius 2 is 1.40 bits per heavy atom. The van der Waals surface area contributed by atoms with Gasteiger partial charge in [0.1, 0.15) is 12.6 Å². The summed E-state index contributed by atoms with van der Waals surface area (Å²) in [7, 11) is -4.17. The summed E-state index contributed by atoms with van der Waals surface area (Å²) in [4.78, 5) is 30.1. The summed E-state index contributed by atoms with van der Waals surface area (Å²) in [6.45, 7) is 8.87. The highest BCUT2D eigenvalue weighted by Crippen LogP contribution is 2.28. The lowest BCUT2D eigenvalue weighted by Gasteiger charge is -2.35. The number of carbonyl (C=O) groups is 2. The number of halogens is 1. The van der Waals surface area contributed by atoms with E-state index in [9.17, 15) is 18.0 Å². The van der Waals surface area contributed by atoms with Gasteiger partial charge in [-0.05, 0) is 81.6 Å². The van der Waals surface area contributed by atoms with E-state index in [4.69, 9.17) is 11.6 Å². The van der Waals surface area contributed by atoms with Gasteiger partial charge in [-0.25, -0.2) is 8.42 Å². The fraction of sp³-hybridized carbons (Fsp3) is 0.278. The predicted octanol–water partition coefficient (Wildman–Crippen LogP) is 6.71. The number of anilines is 1. The number of nitrogens with zero attached hydrogens (tertiary/aromatic N) is 2. The average molecular weight is 646 g/mol. The van der Waals surface area contributed by atoms with Gasteiger partial charge in [-0.2, -0.15) is 0 Å². The first-order valence-electron chi connectivity index (χ1n) is 14.8. The van der Waals surface area contributed by atoms with Gasteiger partial charge in [0, 0.05) is 23.5 Å². The molecule has 0 fully saturated rings. The minimum atomic E-state index is -4.17. The van der Waals surface area contributed by atoms with E-state index in [1.54, 1.807) is 73.7 Å². The minimum absolute atomic E-state index is 0.0667. The van der Waals surface area contributed by atoms with Crippen LogP contribution in [0.25, 0.3) is 0 Å². The molecule has 0 aliphatic carbocycles. The molecular formula is C36H40ClN3O4S. The van der Waals surface area contributed by atoms with Crippen LogP contribution in [0.4, 0.5) is 5.69 Å². The fourth-order valence-electron chi connectivity index (χ4n) is 4.99. The fourth-order valence-corrected chi connectivity index (χ4v) is 6.59. The van der Waals surface area contributed by atoms with Gasteiger partial charge in [0.05, 0.1) is 10.6 Å². The highest BCUT2D eigenvalue weighted by molar-refractivity contribution is 7.92. The topological polar surface area (TPSA) is 86.8 Å². The number of para-hydroxylation sites is 1. The Kier molecular flexibility index (Phi) is 10.7. The SMILES string of the molecule is Cc1ccc(S(=O)(=O)N(CC(=O)N(Cc2ccc(Cl)cc2)C(Cc2ccccc2)C(=O)NC(C)(C)C)c2ccccc2C)cc1. The Balaban J connectivity index is 1.82. The number of hydrogen-bond acceptors (Lipinski definition) is 4. The molecule has 0 heterocycles. The molecule has 0 saturated heterocycles. The summed E-state index contributed by atoms with van der Waals surface area (Å²) in [6.07, 6.45) is 0.233. The quantitative estimate of drug-likeness (QED) is 0.197. The Hall–Kier alpha value is -4.14. The van der Waals surface area contributed by atoms with E-state index in [1.165, 1.54) is 4.90 Å². The number of nitrogens with one attached hydrogen (secondary N) is 1. The van der Waals surface area contributed by atoms with Gasteiger partial charge in [-0.15, -0.1) is 0 Å². The van der Waals surface area contributed by atoms with Gasteiger partial charge in [-0.3, -0.25) is 13.9 Å². The van der Waals surface area contributed by atoms with Crippen molar-refractivity contribution in [3.8, 4) is 0 Å². The zero-order valence-corrected chi connectivity index (χ0v) is 27.9. The Morgan fingerprint density at radius 3 is 2.00 bits per heavy atom. The largest absolute Gasteiger partial charge is 0.350 e. The van der Waals surface area contributed by atoms with Crippen LogP contribution in [0.2, 0.25) is 5.02 Å². The van der Waals surface area contributed by atoms with Crippen molar-refractivity contribution in [3.63, 3.8) is 0 Å². The molecule has 0 aromatic heterocycles. The first kappa shape index (κ1) is 33.7. The third-order valence-electron chi connectivity index (χ3n) is 7.31. The van der Waals surface area contributed by atoms with Crippen LogP contribution in [-0.4, -0.2) is 43.3 Å². The van der Waals surface area contributed by atoms with Gasteiger partial charge in [0.2, 0.25) is 11.8 Å². The van der Waals surface area contributed by atoms with Crippen molar-refractivity contribution in [1.82, 2.24) is 10.2 Å². The summed E-state index contributed by atoms with van der Waals surface area (Å²) in [5, 5.41) is 3.58. The first-order valence-corrected chi connectivity index (χ1v) is 16.6. The third-order valence-corrected chi connectivity index (χ3v) is 9.33. The maximum Gasteiger partial charge on any atom is 0.264 e. The summed E-state index contributed by atoms with van der Waals surface area (Å²) >= 11 is 6.16. The van der Waals surface area contributed by atoms with Crippen LogP contribution in [-0.2, 0) is 32.6 Å². The molecule has 0 bridgehead atoms. The van der Waals surface area contributed by atoms with Gasteiger partial charge >= 0.3 is 0 Å². The number of amides is 2. The van der Waals surface area contributed by atoms with E-state index in [2.05, 4.69) is 5.32 Å². The molecule has 1 N–H and O–H groups in total. The van der Waals surface area contributed by atoms with E-state index < -0.39 is 34.1 Å². The van der Waals surface area contributed by atoms with Crippen molar-refractivity contribution in [2.24, 2.45) is 0 Å². The lowest BCUT2D eigenvalue weighted by atomic mass is 10.0. The molecule has 2 amide bonds. The molecule has 7 nitrogen and oxygen atoms in total. The lowest BCUT2D eigenvalue weighted by Crippen LogP contribution is -2.56. The molecule has 0 saturated carbocycles.